The van der Waals surface area contributed by atoms with Crippen LogP contribution in [0, 0.1) is 5.92 Å². The lowest BCUT2D eigenvalue weighted by molar-refractivity contribution is 0.250. The van der Waals surface area contributed by atoms with Gasteiger partial charge in [-0.25, -0.2) is 9.50 Å². The van der Waals surface area contributed by atoms with Gasteiger partial charge >= 0.3 is 0 Å². The van der Waals surface area contributed by atoms with Crippen LogP contribution in [-0.4, -0.2) is 32.1 Å². The van der Waals surface area contributed by atoms with E-state index in [1.54, 1.807) is 18.0 Å². The zero-order valence-electron chi connectivity index (χ0n) is 11.0. The molecule has 0 aliphatic rings. The average Bonchev–Trinajstić information content (AvgIpc) is 2.80. The number of thioether (sulfide) groups is 1. The van der Waals surface area contributed by atoms with E-state index < -0.39 is 0 Å². The van der Waals surface area contributed by atoms with Crippen LogP contribution in [0.2, 0.25) is 0 Å². The van der Waals surface area contributed by atoms with Crippen molar-refractivity contribution in [2.75, 3.05) is 12.4 Å². The Labute approximate surface area is 111 Å². The molecule has 1 atom stereocenters. The minimum Gasteiger partial charge on any atom is -0.396 e. The highest BCUT2D eigenvalue weighted by atomic mass is 32.2. The molecule has 0 bridgehead atoms. The van der Waals surface area contributed by atoms with Gasteiger partial charge in [0, 0.05) is 24.8 Å². The van der Waals surface area contributed by atoms with Crippen LogP contribution in [0.25, 0.3) is 5.52 Å². The van der Waals surface area contributed by atoms with Gasteiger partial charge in [-0.05, 0) is 17.9 Å². The monoisotopic (exact) mass is 265 g/mol. The second-order valence-corrected chi connectivity index (χ2v) is 5.89. The van der Waals surface area contributed by atoms with Crippen LogP contribution >= 0.6 is 11.8 Å². The zero-order valence-corrected chi connectivity index (χ0v) is 11.8. The topological polar surface area (TPSA) is 50.4 Å². The van der Waals surface area contributed by atoms with Crippen molar-refractivity contribution in [3.05, 3.63) is 24.2 Å². The highest BCUT2D eigenvalue weighted by Gasteiger charge is 2.11. The fourth-order valence-corrected chi connectivity index (χ4v) is 2.57. The summed E-state index contributed by atoms with van der Waals surface area (Å²) in [7, 11) is 0. The van der Waals surface area contributed by atoms with Crippen molar-refractivity contribution in [3.63, 3.8) is 0 Å². The van der Waals surface area contributed by atoms with E-state index >= 15 is 0 Å². The molecule has 1 N–H and O–H groups in total. The lowest BCUT2D eigenvalue weighted by Gasteiger charge is -2.06. The normalized spacial score (nSPS) is 13.4. The molecule has 2 aromatic heterocycles. The highest BCUT2D eigenvalue weighted by Crippen LogP contribution is 2.25. The van der Waals surface area contributed by atoms with Crippen molar-refractivity contribution in [2.45, 2.75) is 31.7 Å². The second-order valence-electron chi connectivity index (χ2n) is 4.88. The SMILES string of the molecule is CC(CO)CSc1nccn2nc(C(C)C)cc12. The van der Waals surface area contributed by atoms with Gasteiger partial charge < -0.3 is 5.11 Å². The van der Waals surface area contributed by atoms with Crippen LogP contribution < -0.4 is 0 Å². The van der Waals surface area contributed by atoms with Gasteiger partial charge in [-0.3, -0.25) is 0 Å². The largest absolute Gasteiger partial charge is 0.396 e. The van der Waals surface area contributed by atoms with Crippen molar-refractivity contribution >= 4 is 17.3 Å². The Bertz CT molecular complexity index is 524. The van der Waals surface area contributed by atoms with Crippen LogP contribution in [-0.2, 0) is 0 Å². The number of hydrogen-bond donors (Lipinski definition) is 1. The smallest absolute Gasteiger partial charge is 0.122 e. The van der Waals surface area contributed by atoms with Crippen molar-refractivity contribution in [3.8, 4) is 0 Å². The third-order valence-corrected chi connectivity index (χ3v) is 4.10. The fourth-order valence-electron chi connectivity index (χ4n) is 1.58. The highest BCUT2D eigenvalue weighted by molar-refractivity contribution is 7.99. The van der Waals surface area contributed by atoms with Crippen LogP contribution in [0.5, 0.6) is 0 Å². The molecule has 0 aliphatic heterocycles. The lowest BCUT2D eigenvalue weighted by atomic mass is 10.1. The van der Waals surface area contributed by atoms with Gasteiger partial charge in [0.25, 0.3) is 0 Å². The first-order valence-electron chi connectivity index (χ1n) is 6.19. The lowest BCUT2D eigenvalue weighted by Crippen LogP contribution is -2.03. The molecule has 0 radical (unpaired) electrons. The fraction of sp³-hybridized carbons (Fsp3) is 0.538. The molecule has 0 saturated carbocycles. The number of aliphatic hydroxyl groups is 1. The van der Waals surface area contributed by atoms with Gasteiger partial charge in [-0.2, -0.15) is 5.10 Å². The summed E-state index contributed by atoms with van der Waals surface area (Å²) in [6.45, 7) is 6.52. The van der Waals surface area contributed by atoms with Crippen molar-refractivity contribution in [1.29, 1.82) is 0 Å². The molecule has 2 heterocycles. The summed E-state index contributed by atoms with van der Waals surface area (Å²) in [5.74, 6) is 1.56. The van der Waals surface area contributed by atoms with Gasteiger partial charge in [-0.15, -0.1) is 11.8 Å². The minimum atomic E-state index is 0.215. The summed E-state index contributed by atoms with van der Waals surface area (Å²) in [5.41, 5.74) is 2.14. The molecule has 0 saturated heterocycles. The van der Waals surface area contributed by atoms with E-state index in [1.165, 1.54) is 0 Å². The van der Waals surface area contributed by atoms with Crippen molar-refractivity contribution in [1.82, 2.24) is 14.6 Å². The first-order valence-corrected chi connectivity index (χ1v) is 7.18. The maximum absolute atomic E-state index is 9.05. The number of aromatic nitrogens is 3. The molecule has 0 spiro atoms. The maximum Gasteiger partial charge on any atom is 0.122 e. The summed E-state index contributed by atoms with van der Waals surface area (Å²) < 4.78 is 1.88. The van der Waals surface area contributed by atoms with E-state index in [0.29, 0.717) is 5.92 Å². The summed E-state index contributed by atoms with van der Waals surface area (Å²) in [6.07, 6.45) is 3.65. The Morgan fingerprint density at radius 2 is 2.17 bits per heavy atom. The van der Waals surface area contributed by atoms with Gasteiger partial charge in [0.15, 0.2) is 0 Å². The number of fused-ring (bicyclic) bond motifs is 1. The third-order valence-electron chi connectivity index (χ3n) is 2.78. The van der Waals surface area contributed by atoms with Gasteiger partial charge in [0.05, 0.1) is 11.2 Å². The van der Waals surface area contributed by atoms with Gasteiger partial charge in [0.2, 0.25) is 0 Å². The standard InChI is InChI=1S/C13H19N3OS/c1-9(2)11-6-12-13(18-8-10(3)7-17)14-4-5-16(12)15-11/h4-6,9-10,17H,7-8H2,1-3H3. The molecule has 0 aromatic carbocycles. The Hall–Kier alpha value is -1.07. The summed E-state index contributed by atoms with van der Waals surface area (Å²) in [4.78, 5) is 4.41. The summed E-state index contributed by atoms with van der Waals surface area (Å²) in [6, 6.07) is 2.10. The van der Waals surface area contributed by atoms with Crippen LogP contribution in [0.1, 0.15) is 32.4 Å². The van der Waals surface area contributed by atoms with E-state index in [4.69, 9.17) is 5.11 Å². The van der Waals surface area contributed by atoms with Gasteiger partial charge in [0.1, 0.15) is 5.03 Å². The third kappa shape index (κ3) is 2.84. The molecule has 2 aromatic rings. The molecule has 0 fully saturated rings. The molecule has 0 aliphatic carbocycles. The minimum absolute atomic E-state index is 0.215. The summed E-state index contributed by atoms with van der Waals surface area (Å²) in [5, 5.41) is 14.6. The molecule has 5 heteroatoms. The molecule has 4 nitrogen and oxygen atoms in total. The average molecular weight is 265 g/mol. The zero-order chi connectivity index (χ0) is 13.1. The van der Waals surface area contributed by atoms with E-state index in [2.05, 4.69) is 30.0 Å². The molecule has 98 valence electrons. The predicted molar refractivity (Wildman–Crippen MR) is 74.0 cm³/mol. The Balaban J connectivity index is 2.27. The van der Waals surface area contributed by atoms with Gasteiger partial charge in [-0.1, -0.05) is 20.8 Å². The van der Waals surface area contributed by atoms with Crippen LogP contribution in [0.4, 0.5) is 0 Å². The van der Waals surface area contributed by atoms with E-state index in [0.717, 1.165) is 22.0 Å². The quantitative estimate of drug-likeness (QED) is 0.844. The first kappa shape index (κ1) is 13.4. The maximum atomic E-state index is 9.05. The molecule has 2 rings (SSSR count). The van der Waals surface area contributed by atoms with Crippen molar-refractivity contribution in [2.24, 2.45) is 5.92 Å². The molecular weight excluding hydrogens is 246 g/mol. The molecule has 0 amide bonds. The first-order chi connectivity index (χ1) is 8.61. The Morgan fingerprint density at radius 1 is 1.39 bits per heavy atom. The van der Waals surface area contributed by atoms with E-state index in [9.17, 15) is 0 Å². The number of hydrogen-bond acceptors (Lipinski definition) is 4. The Kier molecular flexibility index (Phi) is 4.24. The number of aliphatic hydroxyl groups excluding tert-OH is 1. The Morgan fingerprint density at radius 3 is 2.83 bits per heavy atom. The number of nitrogens with zero attached hydrogens (tertiary/aromatic N) is 3. The second kappa shape index (κ2) is 5.71. The van der Waals surface area contributed by atoms with Crippen LogP contribution in [0.3, 0.4) is 0 Å². The molecule has 18 heavy (non-hydrogen) atoms. The summed E-state index contributed by atoms with van der Waals surface area (Å²) >= 11 is 1.68. The van der Waals surface area contributed by atoms with Crippen LogP contribution in [0.15, 0.2) is 23.5 Å². The molecule has 1 unspecified atom stereocenters. The van der Waals surface area contributed by atoms with Crippen molar-refractivity contribution < 1.29 is 5.11 Å². The molecular formula is C13H19N3OS. The number of rotatable bonds is 5. The predicted octanol–water partition coefficient (Wildman–Crippen LogP) is 2.57. The van der Waals surface area contributed by atoms with E-state index in [1.807, 2.05) is 17.6 Å². The van der Waals surface area contributed by atoms with E-state index in [-0.39, 0.29) is 12.5 Å².